The highest BCUT2D eigenvalue weighted by atomic mass is 16.4. The number of nitrogens with one attached hydrogen (secondary N) is 1. The lowest BCUT2D eigenvalue weighted by Crippen LogP contribution is -2.20. The molecule has 1 fully saturated rings. The maximum Gasteiger partial charge on any atom is 0.335 e. The van der Waals surface area contributed by atoms with Crippen molar-refractivity contribution >= 4 is 18.1 Å². The van der Waals surface area contributed by atoms with Gasteiger partial charge >= 0.3 is 5.97 Å². The Bertz CT molecular complexity index is 862. The number of hydrogen-bond donors (Lipinski definition) is 2. The van der Waals surface area contributed by atoms with Crippen molar-refractivity contribution in [1.29, 1.82) is 0 Å². The molecule has 140 valence electrons. The van der Waals surface area contributed by atoms with Crippen LogP contribution < -0.4 is 5.43 Å². The number of carboxylic acids is 1. The first-order valence-electron chi connectivity index (χ1n) is 9.02. The van der Waals surface area contributed by atoms with Crippen LogP contribution in [0.4, 0.5) is 0 Å². The molecular formula is C22H24N2O3. The lowest BCUT2D eigenvalue weighted by molar-refractivity contribution is -0.122. The Balaban J connectivity index is 1.53. The summed E-state index contributed by atoms with van der Waals surface area (Å²) in [6, 6.07) is 14.8. The number of rotatable bonds is 5. The molecule has 27 heavy (non-hydrogen) atoms. The van der Waals surface area contributed by atoms with Crippen LogP contribution in [0.1, 0.15) is 60.2 Å². The van der Waals surface area contributed by atoms with Crippen LogP contribution in [0.2, 0.25) is 0 Å². The average molecular weight is 364 g/mol. The Morgan fingerprint density at radius 2 is 1.70 bits per heavy atom. The minimum absolute atomic E-state index is 0.0444. The summed E-state index contributed by atoms with van der Waals surface area (Å²) >= 11 is 0. The van der Waals surface area contributed by atoms with Gasteiger partial charge in [0, 0.05) is 5.92 Å². The van der Waals surface area contributed by atoms with E-state index < -0.39 is 5.97 Å². The topological polar surface area (TPSA) is 78.8 Å². The minimum atomic E-state index is -0.970. The zero-order valence-corrected chi connectivity index (χ0v) is 15.8. The summed E-state index contributed by atoms with van der Waals surface area (Å²) in [6.45, 7) is 6.55. The number of carboxylic acid groups (broad SMARTS) is 1. The summed E-state index contributed by atoms with van der Waals surface area (Å²) in [5.74, 6) is -0.846. The molecule has 0 saturated heterocycles. The Labute approximate surface area is 159 Å². The molecule has 5 heteroatoms. The van der Waals surface area contributed by atoms with Gasteiger partial charge in [0.25, 0.3) is 0 Å². The highest BCUT2D eigenvalue weighted by Crippen LogP contribution is 2.47. The van der Waals surface area contributed by atoms with Gasteiger partial charge in [-0.1, -0.05) is 57.2 Å². The van der Waals surface area contributed by atoms with E-state index in [1.807, 2.05) is 0 Å². The zero-order valence-electron chi connectivity index (χ0n) is 15.8. The second kappa shape index (κ2) is 7.35. The molecule has 5 nitrogen and oxygen atoms in total. The summed E-state index contributed by atoms with van der Waals surface area (Å²) in [5.41, 5.74) is 6.12. The van der Waals surface area contributed by atoms with Crippen LogP contribution >= 0.6 is 0 Å². The molecular weight excluding hydrogens is 340 g/mol. The molecule has 1 saturated carbocycles. The summed E-state index contributed by atoms with van der Waals surface area (Å²) in [5, 5.41) is 12.9. The van der Waals surface area contributed by atoms with Crippen LogP contribution in [0.25, 0.3) is 0 Å². The Morgan fingerprint density at radius 1 is 1.07 bits per heavy atom. The van der Waals surface area contributed by atoms with Crippen LogP contribution in [-0.4, -0.2) is 23.2 Å². The van der Waals surface area contributed by atoms with Crippen molar-refractivity contribution in [3.8, 4) is 0 Å². The standard InChI is InChI=1S/C22H24N2O3/c1-22(2,3)17-10-8-15(9-11-17)18-12-19(18)20(25)24-23-13-14-4-6-16(7-5-14)21(26)27/h4-11,13,18-19H,12H2,1-3H3,(H,24,25)(H,26,27)/b23-13+/t18-,19+/m1/s1. The predicted octanol–water partition coefficient (Wildman–Crippen LogP) is 3.94. The third-order valence-corrected chi connectivity index (χ3v) is 4.88. The summed E-state index contributed by atoms with van der Waals surface area (Å²) in [6.07, 6.45) is 2.35. The van der Waals surface area contributed by atoms with Crippen LogP contribution in [0.5, 0.6) is 0 Å². The molecule has 2 aromatic rings. The molecule has 0 heterocycles. The van der Waals surface area contributed by atoms with E-state index in [2.05, 4.69) is 55.6 Å². The third kappa shape index (κ3) is 4.61. The van der Waals surface area contributed by atoms with Crippen molar-refractivity contribution in [2.24, 2.45) is 11.0 Å². The van der Waals surface area contributed by atoms with Crippen LogP contribution in [-0.2, 0) is 10.2 Å². The maximum absolute atomic E-state index is 12.2. The Kier molecular flexibility index (Phi) is 5.13. The van der Waals surface area contributed by atoms with Crippen molar-refractivity contribution in [1.82, 2.24) is 5.43 Å². The molecule has 2 N–H and O–H groups in total. The average Bonchev–Trinajstić information content (AvgIpc) is 3.42. The molecule has 0 unspecified atom stereocenters. The highest BCUT2D eigenvalue weighted by Gasteiger charge is 2.43. The number of carbonyl (C=O) groups is 2. The normalized spacial score (nSPS) is 19.1. The molecule has 1 amide bonds. The SMILES string of the molecule is CC(C)(C)c1ccc([C@H]2C[C@@H]2C(=O)N/N=C/c2ccc(C(=O)O)cc2)cc1. The molecule has 1 aliphatic carbocycles. The van der Waals surface area contributed by atoms with E-state index in [1.165, 1.54) is 29.5 Å². The number of nitrogens with zero attached hydrogens (tertiary/aromatic N) is 1. The smallest absolute Gasteiger partial charge is 0.335 e. The maximum atomic E-state index is 12.2. The highest BCUT2D eigenvalue weighted by molar-refractivity contribution is 5.89. The van der Waals surface area contributed by atoms with Gasteiger partial charge in [0.15, 0.2) is 0 Å². The molecule has 0 aromatic heterocycles. The van der Waals surface area contributed by atoms with Crippen LogP contribution in [0.15, 0.2) is 53.6 Å². The third-order valence-electron chi connectivity index (χ3n) is 4.88. The first-order valence-corrected chi connectivity index (χ1v) is 9.02. The quantitative estimate of drug-likeness (QED) is 0.623. The minimum Gasteiger partial charge on any atom is -0.478 e. The molecule has 0 radical (unpaired) electrons. The van der Waals surface area contributed by atoms with Crippen molar-refractivity contribution in [3.63, 3.8) is 0 Å². The fourth-order valence-electron chi connectivity index (χ4n) is 3.05. The van der Waals surface area contributed by atoms with Gasteiger partial charge in [-0.15, -0.1) is 0 Å². The number of carbonyl (C=O) groups excluding carboxylic acids is 1. The predicted molar refractivity (Wildman–Crippen MR) is 105 cm³/mol. The molecule has 3 rings (SSSR count). The van der Waals surface area contributed by atoms with Crippen molar-refractivity contribution in [2.75, 3.05) is 0 Å². The fourth-order valence-corrected chi connectivity index (χ4v) is 3.05. The second-order valence-corrected chi connectivity index (χ2v) is 7.98. The van der Waals surface area contributed by atoms with Gasteiger partial charge in [-0.25, -0.2) is 10.2 Å². The van der Waals surface area contributed by atoms with Crippen molar-refractivity contribution in [2.45, 2.75) is 38.5 Å². The van der Waals surface area contributed by atoms with Gasteiger partial charge in [-0.3, -0.25) is 4.79 Å². The second-order valence-electron chi connectivity index (χ2n) is 7.98. The largest absolute Gasteiger partial charge is 0.478 e. The van der Waals surface area contributed by atoms with Crippen LogP contribution in [0, 0.1) is 5.92 Å². The van der Waals surface area contributed by atoms with Gasteiger partial charge in [-0.2, -0.15) is 5.10 Å². The molecule has 0 spiro atoms. The molecule has 0 bridgehead atoms. The zero-order chi connectivity index (χ0) is 19.6. The molecule has 2 atom stereocenters. The van der Waals surface area contributed by atoms with Gasteiger partial charge in [0.1, 0.15) is 0 Å². The molecule has 2 aromatic carbocycles. The number of aromatic carboxylic acids is 1. The lowest BCUT2D eigenvalue weighted by atomic mass is 9.86. The van der Waals surface area contributed by atoms with Gasteiger partial charge < -0.3 is 5.11 Å². The van der Waals surface area contributed by atoms with E-state index in [1.54, 1.807) is 12.1 Å². The number of hydrogen-bond acceptors (Lipinski definition) is 3. The van der Waals surface area contributed by atoms with Gasteiger partial charge in [0.2, 0.25) is 5.91 Å². The van der Waals surface area contributed by atoms with Gasteiger partial charge in [-0.05, 0) is 46.6 Å². The lowest BCUT2D eigenvalue weighted by Gasteiger charge is -2.19. The number of amides is 1. The van der Waals surface area contributed by atoms with Gasteiger partial charge in [0.05, 0.1) is 11.8 Å². The van der Waals surface area contributed by atoms with E-state index >= 15 is 0 Å². The van der Waals surface area contributed by atoms with E-state index in [0.717, 1.165) is 12.0 Å². The van der Waals surface area contributed by atoms with E-state index in [9.17, 15) is 9.59 Å². The number of benzene rings is 2. The summed E-state index contributed by atoms with van der Waals surface area (Å²) in [7, 11) is 0. The Hall–Kier alpha value is -2.95. The first kappa shape index (κ1) is 18.8. The molecule has 0 aliphatic heterocycles. The van der Waals surface area contributed by atoms with E-state index in [4.69, 9.17) is 5.11 Å². The van der Waals surface area contributed by atoms with Crippen molar-refractivity contribution < 1.29 is 14.7 Å². The van der Waals surface area contributed by atoms with Crippen LogP contribution in [0.3, 0.4) is 0 Å². The molecule has 1 aliphatic rings. The fraction of sp³-hybridized carbons (Fsp3) is 0.318. The summed E-state index contributed by atoms with van der Waals surface area (Å²) in [4.78, 5) is 23.1. The number of hydrazone groups is 1. The van der Waals surface area contributed by atoms with Crippen molar-refractivity contribution in [3.05, 3.63) is 70.8 Å². The summed E-state index contributed by atoms with van der Waals surface area (Å²) < 4.78 is 0. The first-order chi connectivity index (χ1) is 12.8. The Morgan fingerprint density at radius 3 is 2.26 bits per heavy atom. The van der Waals surface area contributed by atoms with E-state index in [0.29, 0.717) is 0 Å². The monoisotopic (exact) mass is 364 g/mol. The van der Waals surface area contributed by atoms with E-state index in [-0.39, 0.29) is 28.7 Å².